The molecule has 3 aromatic rings. The van der Waals surface area contributed by atoms with E-state index in [1.807, 2.05) is 37.3 Å². The van der Waals surface area contributed by atoms with Gasteiger partial charge in [0.1, 0.15) is 0 Å². The van der Waals surface area contributed by atoms with E-state index in [9.17, 15) is 9.59 Å². The Morgan fingerprint density at radius 1 is 1.03 bits per heavy atom. The zero-order valence-corrected chi connectivity index (χ0v) is 19.2. The molecule has 0 radical (unpaired) electrons. The van der Waals surface area contributed by atoms with Crippen molar-refractivity contribution in [3.8, 4) is 11.5 Å². The summed E-state index contributed by atoms with van der Waals surface area (Å²) in [5.41, 5.74) is 5.46. The number of anilines is 1. The van der Waals surface area contributed by atoms with E-state index in [0.29, 0.717) is 32.8 Å². The van der Waals surface area contributed by atoms with Crippen LogP contribution >= 0.6 is 15.9 Å². The summed E-state index contributed by atoms with van der Waals surface area (Å²) in [6.07, 6.45) is 1.49. The maximum Gasteiger partial charge on any atom is 0.272 e. The predicted octanol–water partition coefficient (Wildman–Crippen LogP) is 4.55. The summed E-state index contributed by atoms with van der Waals surface area (Å²) in [5, 5.41) is 6.76. The number of methoxy groups -OCH3 is 1. The third kappa shape index (κ3) is 6.42. The Bertz CT molecular complexity index is 1130. The van der Waals surface area contributed by atoms with Gasteiger partial charge in [0.2, 0.25) is 0 Å². The van der Waals surface area contributed by atoms with Gasteiger partial charge < -0.3 is 14.8 Å². The number of hydrogen-bond donors (Lipinski definition) is 2. The molecule has 2 N–H and O–H groups in total. The van der Waals surface area contributed by atoms with Crippen LogP contribution in [0.1, 0.15) is 21.5 Å². The smallest absolute Gasteiger partial charge is 0.272 e. The number of hydrogen-bond acceptors (Lipinski definition) is 5. The first-order valence-corrected chi connectivity index (χ1v) is 10.5. The summed E-state index contributed by atoms with van der Waals surface area (Å²) in [6.45, 7) is 1.81. The third-order valence-electron chi connectivity index (χ3n) is 4.38. The fraction of sp³-hybridized carbons (Fsp3) is 0.125. The maximum absolute atomic E-state index is 12.2. The highest BCUT2D eigenvalue weighted by atomic mass is 79.9. The van der Waals surface area contributed by atoms with Crippen molar-refractivity contribution in [3.05, 3.63) is 87.9 Å². The molecule has 0 bridgehead atoms. The van der Waals surface area contributed by atoms with Gasteiger partial charge in [0.15, 0.2) is 18.1 Å². The third-order valence-corrected chi connectivity index (χ3v) is 5.07. The van der Waals surface area contributed by atoms with E-state index in [4.69, 9.17) is 9.47 Å². The number of rotatable bonds is 8. The van der Waals surface area contributed by atoms with Crippen LogP contribution in [-0.2, 0) is 4.79 Å². The number of carbonyl (C=O) groups is 2. The molecule has 0 saturated carbocycles. The molecule has 164 valence electrons. The Morgan fingerprint density at radius 3 is 2.50 bits per heavy atom. The lowest BCUT2D eigenvalue weighted by Gasteiger charge is -2.11. The minimum Gasteiger partial charge on any atom is -0.493 e. The topological polar surface area (TPSA) is 89.0 Å². The second kappa shape index (κ2) is 11.1. The van der Waals surface area contributed by atoms with Crippen molar-refractivity contribution in [1.82, 2.24) is 5.43 Å². The van der Waals surface area contributed by atoms with E-state index >= 15 is 0 Å². The average Bonchev–Trinajstić information content (AvgIpc) is 2.79. The van der Waals surface area contributed by atoms with Crippen LogP contribution in [0.3, 0.4) is 0 Å². The summed E-state index contributed by atoms with van der Waals surface area (Å²) >= 11 is 3.33. The molecule has 0 aliphatic carbocycles. The summed E-state index contributed by atoms with van der Waals surface area (Å²) in [7, 11) is 1.50. The van der Waals surface area contributed by atoms with Crippen LogP contribution in [0.4, 0.5) is 5.69 Å². The van der Waals surface area contributed by atoms with Gasteiger partial charge in [-0.2, -0.15) is 5.10 Å². The predicted molar refractivity (Wildman–Crippen MR) is 127 cm³/mol. The van der Waals surface area contributed by atoms with Gasteiger partial charge in [-0.25, -0.2) is 5.43 Å². The van der Waals surface area contributed by atoms with Crippen molar-refractivity contribution >= 4 is 39.6 Å². The molecule has 0 unspecified atom stereocenters. The lowest BCUT2D eigenvalue weighted by Crippen LogP contribution is -2.20. The van der Waals surface area contributed by atoms with Crippen LogP contribution in [0.15, 0.2) is 76.3 Å². The minimum absolute atomic E-state index is 0.167. The zero-order valence-electron chi connectivity index (χ0n) is 17.6. The van der Waals surface area contributed by atoms with E-state index in [-0.39, 0.29) is 18.4 Å². The molecule has 7 nitrogen and oxygen atoms in total. The molecular weight excluding hydrogens is 474 g/mol. The molecule has 3 aromatic carbocycles. The van der Waals surface area contributed by atoms with Gasteiger partial charge in [0, 0.05) is 10.2 Å². The SMILES string of the molecule is COc1cc(/C=N/NC(=O)c2ccccc2Br)ccc1OCC(=O)Nc1ccc(C)cc1. The van der Waals surface area contributed by atoms with Crippen LogP contribution in [0, 0.1) is 6.92 Å². The van der Waals surface area contributed by atoms with E-state index in [1.54, 1.807) is 36.4 Å². The molecule has 2 amide bonds. The molecule has 8 heteroatoms. The summed E-state index contributed by atoms with van der Waals surface area (Å²) in [6, 6.07) is 19.7. The lowest BCUT2D eigenvalue weighted by atomic mass is 10.2. The summed E-state index contributed by atoms with van der Waals surface area (Å²) in [5.74, 6) is 0.242. The summed E-state index contributed by atoms with van der Waals surface area (Å²) < 4.78 is 11.6. The van der Waals surface area contributed by atoms with E-state index in [1.165, 1.54) is 13.3 Å². The van der Waals surface area contributed by atoms with Gasteiger partial charge in [-0.3, -0.25) is 9.59 Å². The molecule has 0 aliphatic rings. The fourth-order valence-corrected chi connectivity index (χ4v) is 3.20. The first-order chi connectivity index (χ1) is 15.5. The van der Waals surface area contributed by atoms with Crippen LogP contribution in [0.25, 0.3) is 0 Å². The second-order valence-corrected chi connectivity index (χ2v) is 7.65. The molecule has 3 rings (SSSR count). The highest BCUT2D eigenvalue weighted by Gasteiger charge is 2.10. The number of ether oxygens (including phenoxy) is 2. The standard InChI is InChI=1S/C24H22BrN3O4/c1-16-7-10-18(11-8-16)27-23(29)15-32-21-12-9-17(13-22(21)31-2)14-26-28-24(30)19-5-3-4-6-20(19)25/h3-14H,15H2,1-2H3,(H,27,29)(H,28,30)/b26-14+. The highest BCUT2D eigenvalue weighted by molar-refractivity contribution is 9.10. The number of amides is 2. The molecule has 0 atom stereocenters. The van der Waals surface area contributed by atoms with Crippen molar-refractivity contribution in [2.24, 2.45) is 5.10 Å². The van der Waals surface area contributed by atoms with Gasteiger partial charge in [-0.15, -0.1) is 0 Å². The number of hydrazone groups is 1. The lowest BCUT2D eigenvalue weighted by molar-refractivity contribution is -0.118. The quantitative estimate of drug-likeness (QED) is 0.354. The fourth-order valence-electron chi connectivity index (χ4n) is 2.73. The van der Waals surface area contributed by atoms with Gasteiger partial charge in [0.25, 0.3) is 11.8 Å². The van der Waals surface area contributed by atoms with Crippen LogP contribution in [0.5, 0.6) is 11.5 Å². The zero-order chi connectivity index (χ0) is 22.9. The monoisotopic (exact) mass is 495 g/mol. The van der Waals surface area contributed by atoms with E-state index in [2.05, 4.69) is 31.8 Å². The number of halogens is 1. The van der Waals surface area contributed by atoms with Crippen molar-refractivity contribution in [1.29, 1.82) is 0 Å². The molecule has 0 heterocycles. The number of benzene rings is 3. The number of aryl methyl sites for hydroxylation is 1. The Balaban J connectivity index is 1.57. The average molecular weight is 496 g/mol. The van der Waals surface area contributed by atoms with Crippen molar-refractivity contribution in [3.63, 3.8) is 0 Å². The Kier molecular flexibility index (Phi) is 7.99. The Hall–Kier alpha value is -3.65. The normalized spacial score (nSPS) is 10.6. The van der Waals surface area contributed by atoms with Crippen LogP contribution < -0.4 is 20.2 Å². The molecule has 32 heavy (non-hydrogen) atoms. The molecule has 0 spiro atoms. The van der Waals surface area contributed by atoms with Gasteiger partial charge in [0.05, 0.1) is 18.9 Å². The Labute approximate surface area is 194 Å². The molecule has 0 fully saturated rings. The Morgan fingerprint density at radius 2 is 1.78 bits per heavy atom. The number of nitrogens with one attached hydrogen (secondary N) is 2. The van der Waals surface area contributed by atoms with Gasteiger partial charge >= 0.3 is 0 Å². The van der Waals surface area contributed by atoms with Crippen LogP contribution in [-0.4, -0.2) is 31.7 Å². The van der Waals surface area contributed by atoms with Crippen molar-refractivity contribution < 1.29 is 19.1 Å². The molecule has 0 saturated heterocycles. The largest absolute Gasteiger partial charge is 0.493 e. The van der Waals surface area contributed by atoms with Gasteiger partial charge in [-0.1, -0.05) is 29.8 Å². The first-order valence-electron chi connectivity index (χ1n) is 9.71. The van der Waals surface area contributed by atoms with E-state index in [0.717, 1.165) is 5.56 Å². The molecule has 0 aliphatic heterocycles. The minimum atomic E-state index is -0.333. The van der Waals surface area contributed by atoms with Crippen molar-refractivity contribution in [2.75, 3.05) is 19.0 Å². The van der Waals surface area contributed by atoms with Crippen molar-refractivity contribution in [2.45, 2.75) is 6.92 Å². The maximum atomic E-state index is 12.2. The molecular formula is C24H22BrN3O4. The van der Waals surface area contributed by atoms with Gasteiger partial charge in [-0.05, 0) is 70.9 Å². The summed E-state index contributed by atoms with van der Waals surface area (Å²) in [4.78, 5) is 24.3. The number of carbonyl (C=O) groups excluding carboxylic acids is 2. The van der Waals surface area contributed by atoms with Crippen LogP contribution in [0.2, 0.25) is 0 Å². The first kappa shape index (κ1) is 23.0. The molecule has 0 aromatic heterocycles. The highest BCUT2D eigenvalue weighted by Crippen LogP contribution is 2.27. The number of nitrogens with zero attached hydrogens (tertiary/aromatic N) is 1. The second-order valence-electron chi connectivity index (χ2n) is 6.79. The van der Waals surface area contributed by atoms with E-state index < -0.39 is 0 Å².